The number of hydrogen-bond donors (Lipinski definition) is 2. The number of nitrogens with one attached hydrogen (secondary N) is 1. The maximum Gasteiger partial charge on any atom is 0.0897 e. The molecule has 1 atom stereocenters. The molecule has 1 aromatic rings. The Kier molecular flexibility index (Phi) is 6.18. The zero-order chi connectivity index (χ0) is 12.7. The monoisotopic (exact) mass is 241 g/mol. The second-order valence-corrected chi connectivity index (χ2v) is 4.32. The molecule has 17 heavy (non-hydrogen) atoms. The molecule has 1 unspecified atom stereocenters. The highest BCUT2D eigenvalue weighted by Crippen LogP contribution is 2.02. The summed E-state index contributed by atoms with van der Waals surface area (Å²) in [5, 5.41) is 17.0. The van der Waals surface area contributed by atoms with Gasteiger partial charge in [0.25, 0.3) is 0 Å². The van der Waals surface area contributed by atoms with E-state index in [1.54, 1.807) is 7.11 Å². The Morgan fingerprint density at radius 1 is 1.53 bits per heavy atom. The van der Waals surface area contributed by atoms with Crippen molar-refractivity contribution in [1.29, 1.82) is 0 Å². The topological polar surface area (TPSA) is 59.3 Å². The Hall–Kier alpha value is -0.910. The van der Waals surface area contributed by atoms with Crippen LogP contribution < -0.4 is 5.32 Å². The number of aliphatic hydroxyl groups excluding tert-OH is 1. The first kappa shape index (κ1) is 14.2. The minimum Gasteiger partial charge on any atom is -0.389 e. The minimum absolute atomic E-state index is 0.379. The summed E-state index contributed by atoms with van der Waals surface area (Å²) >= 11 is 0. The highest BCUT2D eigenvalue weighted by molar-refractivity contribution is 5.06. The highest BCUT2D eigenvalue weighted by Gasteiger charge is 2.02. The van der Waals surface area contributed by atoms with Gasteiger partial charge in [-0.25, -0.2) is 0 Å². The Bertz CT molecular complexity index is 326. The molecule has 0 aromatic carbocycles. The molecule has 0 bridgehead atoms. The molecule has 0 aliphatic heterocycles. The van der Waals surface area contributed by atoms with E-state index in [2.05, 4.69) is 23.4 Å². The van der Waals surface area contributed by atoms with Crippen molar-refractivity contribution < 1.29 is 9.84 Å². The predicted octanol–water partition coefficient (Wildman–Crippen LogP) is 0.487. The molecule has 0 saturated carbocycles. The maximum absolute atomic E-state index is 9.41. The van der Waals surface area contributed by atoms with E-state index in [1.165, 1.54) is 5.69 Å². The fraction of sp³-hybridized carbons (Fsp3) is 0.750. The number of aliphatic hydroxyl groups is 1. The first-order valence-corrected chi connectivity index (χ1v) is 6.02. The standard InChI is InChI=1S/C12H23N3O2/c1-10-7-11(2)15(14-10)6-4-5-13-8-12(16)9-17-3/h7,12-13,16H,4-6,8-9H2,1-3H3. The quantitative estimate of drug-likeness (QED) is 0.650. The zero-order valence-corrected chi connectivity index (χ0v) is 10.9. The smallest absolute Gasteiger partial charge is 0.0897 e. The van der Waals surface area contributed by atoms with E-state index in [4.69, 9.17) is 4.74 Å². The van der Waals surface area contributed by atoms with Gasteiger partial charge in [-0.15, -0.1) is 0 Å². The molecule has 1 rings (SSSR count). The number of hydrogen-bond acceptors (Lipinski definition) is 4. The Morgan fingerprint density at radius 3 is 2.88 bits per heavy atom. The molecule has 98 valence electrons. The zero-order valence-electron chi connectivity index (χ0n) is 10.9. The van der Waals surface area contributed by atoms with Crippen LogP contribution in [0.1, 0.15) is 17.8 Å². The summed E-state index contributed by atoms with van der Waals surface area (Å²) in [6, 6.07) is 2.08. The first-order chi connectivity index (χ1) is 8.13. The van der Waals surface area contributed by atoms with Gasteiger partial charge in [0.05, 0.1) is 18.4 Å². The summed E-state index contributed by atoms with van der Waals surface area (Å²) in [7, 11) is 1.59. The van der Waals surface area contributed by atoms with Gasteiger partial charge in [0.15, 0.2) is 0 Å². The van der Waals surface area contributed by atoms with Crippen LogP contribution >= 0.6 is 0 Å². The van der Waals surface area contributed by atoms with Gasteiger partial charge in [-0.05, 0) is 32.9 Å². The molecule has 0 amide bonds. The number of aryl methyl sites for hydroxylation is 3. The molecule has 0 aliphatic rings. The Morgan fingerprint density at radius 2 is 2.29 bits per heavy atom. The predicted molar refractivity (Wildman–Crippen MR) is 67.1 cm³/mol. The van der Waals surface area contributed by atoms with Crippen LogP contribution in [0.15, 0.2) is 6.07 Å². The second-order valence-electron chi connectivity index (χ2n) is 4.32. The fourth-order valence-electron chi connectivity index (χ4n) is 1.78. The molecule has 2 N–H and O–H groups in total. The van der Waals surface area contributed by atoms with Crippen LogP contribution in [0.5, 0.6) is 0 Å². The molecule has 5 heteroatoms. The van der Waals surface area contributed by atoms with E-state index in [-0.39, 0.29) is 0 Å². The fourth-order valence-corrected chi connectivity index (χ4v) is 1.78. The third-order valence-electron chi connectivity index (χ3n) is 2.57. The van der Waals surface area contributed by atoms with Crippen molar-refractivity contribution in [2.75, 3.05) is 26.8 Å². The molecule has 5 nitrogen and oxygen atoms in total. The molecule has 0 fully saturated rings. The number of aromatic nitrogens is 2. The number of methoxy groups -OCH3 is 1. The van der Waals surface area contributed by atoms with Crippen LogP contribution in [0, 0.1) is 13.8 Å². The summed E-state index contributed by atoms with van der Waals surface area (Å²) in [4.78, 5) is 0. The van der Waals surface area contributed by atoms with Crippen LogP contribution in [0.2, 0.25) is 0 Å². The van der Waals surface area contributed by atoms with Crippen molar-refractivity contribution in [2.45, 2.75) is 32.9 Å². The average Bonchev–Trinajstić information content (AvgIpc) is 2.57. The Balaban J connectivity index is 2.10. The molecule has 0 aliphatic carbocycles. The summed E-state index contributed by atoms with van der Waals surface area (Å²) < 4.78 is 6.86. The van der Waals surface area contributed by atoms with Gasteiger partial charge in [-0.2, -0.15) is 5.10 Å². The van der Waals surface area contributed by atoms with E-state index >= 15 is 0 Å². The van der Waals surface area contributed by atoms with E-state index in [9.17, 15) is 5.11 Å². The van der Waals surface area contributed by atoms with Crippen molar-refractivity contribution in [3.8, 4) is 0 Å². The molecule has 0 radical (unpaired) electrons. The van der Waals surface area contributed by atoms with Gasteiger partial charge in [-0.1, -0.05) is 0 Å². The van der Waals surface area contributed by atoms with E-state index in [0.29, 0.717) is 13.2 Å². The summed E-state index contributed by atoms with van der Waals surface area (Å²) in [5.74, 6) is 0. The van der Waals surface area contributed by atoms with E-state index in [0.717, 1.165) is 25.2 Å². The molecule has 1 aromatic heterocycles. The van der Waals surface area contributed by atoms with E-state index in [1.807, 2.05) is 11.6 Å². The summed E-state index contributed by atoms with van der Waals surface area (Å²) in [6.07, 6.45) is 0.579. The molecule has 1 heterocycles. The van der Waals surface area contributed by atoms with Crippen LogP contribution in [-0.2, 0) is 11.3 Å². The van der Waals surface area contributed by atoms with Crippen molar-refractivity contribution >= 4 is 0 Å². The molecule has 0 spiro atoms. The highest BCUT2D eigenvalue weighted by atomic mass is 16.5. The maximum atomic E-state index is 9.41. The molecular formula is C12H23N3O2. The van der Waals surface area contributed by atoms with Crippen LogP contribution in [-0.4, -0.2) is 47.8 Å². The molecular weight excluding hydrogens is 218 g/mol. The largest absolute Gasteiger partial charge is 0.389 e. The number of nitrogens with zero attached hydrogens (tertiary/aromatic N) is 2. The van der Waals surface area contributed by atoms with Gasteiger partial charge in [0, 0.05) is 25.9 Å². The summed E-state index contributed by atoms with van der Waals surface area (Å²) in [5.41, 5.74) is 2.26. The van der Waals surface area contributed by atoms with E-state index < -0.39 is 6.10 Å². The average molecular weight is 241 g/mol. The SMILES string of the molecule is COCC(O)CNCCCn1nc(C)cc1C. The lowest BCUT2D eigenvalue weighted by atomic mass is 10.3. The van der Waals surface area contributed by atoms with Crippen LogP contribution in [0.4, 0.5) is 0 Å². The van der Waals surface area contributed by atoms with Crippen molar-refractivity contribution in [3.05, 3.63) is 17.5 Å². The van der Waals surface area contributed by atoms with Gasteiger partial charge in [-0.3, -0.25) is 4.68 Å². The van der Waals surface area contributed by atoms with Crippen molar-refractivity contribution in [3.63, 3.8) is 0 Å². The van der Waals surface area contributed by atoms with Crippen molar-refractivity contribution in [1.82, 2.24) is 15.1 Å². The van der Waals surface area contributed by atoms with Gasteiger partial charge in [0.2, 0.25) is 0 Å². The van der Waals surface area contributed by atoms with Gasteiger partial charge < -0.3 is 15.2 Å². The second kappa shape index (κ2) is 7.42. The third-order valence-corrected chi connectivity index (χ3v) is 2.57. The Labute approximate surface area is 103 Å². The lowest BCUT2D eigenvalue weighted by Gasteiger charge is -2.10. The number of ether oxygens (including phenoxy) is 1. The number of rotatable bonds is 8. The summed E-state index contributed by atoms with van der Waals surface area (Å²) in [6.45, 7) is 6.81. The minimum atomic E-state index is -0.423. The van der Waals surface area contributed by atoms with Crippen molar-refractivity contribution in [2.24, 2.45) is 0 Å². The normalized spacial score (nSPS) is 12.9. The first-order valence-electron chi connectivity index (χ1n) is 6.02. The van der Waals surface area contributed by atoms with Crippen LogP contribution in [0.3, 0.4) is 0 Å². The molecule has 0 saturated heterocycles. The van der Waals surface area contributed by atoms with Gasteiger partial charge >= 0.3 is 0 Å². The van der Waals surface area contributed by atoms with Crippen LogP contribution in [0.25, 0.3) is 0 Å². The lowest BCUT2D eigenvalue weighted by Crippen LogP contribution is -2.31. The van der Waals surface area contributed by atoms with Gasteiger partial charge in [0.1, 0.15) is 0 Å². The lowest BCUT2D eigenvalue weighted by molar-refractivity contribution is 0.0646. The third kappa shape index (κ3) is 5.30.